The van der Waals surface area contributed by atoms with Crippen molar-refractivity contribution >= 4 is 23.5 Å². The molecular weight excluding hydrogens is 293 g/mol. The molecule has 0 spiro atoms. The lowest BCUT2D eigenvalue weighted by atomic mass is 9.97. The van der Waals surface area contributed by atoms with Gasteiger partial charge in [0.15, 0.2) is 5.94 Å². The molecule has 1 aliphatic heterocycles. The van der Waals surface area contributed by atoms with Gasteiger partial charge in [0.1, 0.15) is 23.0 Å². The highest BCUT2D eigenvalue weighted by Gasteiger charge is 2.55. The maximum absolute atomic E-state index is 13.0. The van der Waals surface area contributed by atoms with Crippen LogP contribution in [0.4, 0.5) is 10.1 Å². The lowest BCUT2D eigenvalue weighted by Crippen LogP contribution is -2.45. The molecule has 0 saturated carbocycles. The first kappa shape index (κ1) is 15.7. The van der Waals surface area contributed by atoms with Crippen LogP contribution < -0.4 is 4.90 Å². The number of hydrogen-bond acceptors (Lipinski definition) is 6. The Balaban J connectivity index is 2.60. The molecule has 1 atom stereocenters. The van der Waals surface area contributed by atoms with E-state index in [0.29, 0.717) is 5.69 Å². The van der Waals surface area contributed by atoms with Gasteiger partial charge in [-0.1, -0.05) is 0 Å². The summed E-state index contributed by atoms with van der Waals surface area (Å²) in [5, 5.41) is 0. The summed E-state index contributed by atoms with van der Waals surface area (Å²) >= 11 is 0. The fourth-order valence-corrected chi connectivity index (χ4v) is 2.37. The van der Waals surface area contributed by atoms with Gasteiger partial charge in [-0.3, -0.25) is 0 Å². The van der Waals surface area contributed by atoms with E-state index >= 15 is 0 Å². The SMILES string of the molecule is COC(=O)C1(OC)CN(c2ccc(F)cc2)C(=C=O)C1=C=O. The zero-order valence-electron chi connectivity index (χ0n) is 11.9. The number of benzene rings is 1. The number of rotatable bonds is 3. The minimum absolute atomic E-state index is 0.184. The van der Waals surface area contributed by atoms with Crippen molar-refractivity contribution in [2.45, 2.75) is 5.60 Å². The zero-order chi connectivity index (χ0) is 16.3. The van der Waals surface area contributed by atoms with Crippen LogP contribution in [0.1, 0.15) is 0 Å². The average molecular weight is 305 g/mol. The number of carbonyl (C=O) groups is 1. The van der Waals surface area contributed by atoms with Gasteiger partial charge < -0.3 is 14.4 Å². The number of ether oxygens (including phenoxy) is 2. The van der Waals surface area contributed by atoms with Crippen LogP contribution in [0.5, 0.6) is 0 Å². The Morgan fingerprint density at radius 3 is 2.32 bits per heavy atom. The van der Waals surface area contributed by atoms with Crippen LogP contribution in [0.15, 0.2) is 35.5 Å². The molecule has 1 aliphatic rings. The summed E-state index contributed by atoms with van der Waals surface area (Å²) in [7, 11) is 2.35. The van der Waals surface area contributed by atoms with Crippen LogP contribution in [0.25, 0.3) is 0 Å². The molecule has 1 heterocycles. The van der Waals surface area contributed by atoms with Crippen LogP contribution in [0.2, 0.25) is 0 Å². The third-order valence-electron chi connectivity index (χ3n) is 3.49. The smallest absolute Gasteiger partial charge is 0.345 e. The monoisotopic (exact) mass is 305 g/mol. The Morgan fingerprint density at radius 2 is 1.86 bits per heavy atom. The Bertz CT molecular complexity index is 701. The number of nitrogens with zero attached hydrogens (tertiary/aromatic N) is 1. The molecule has 1 aromatic rings. The van der Waals surface area contributed by atoms with Gasteiger partial charge in [0.2, 0.25) is 5.60 Å². The second-order valence-corrected chi connectivity index (χ2v) is 4.51. The minimum atomic E-state index is -1.78. The molecule has 0 amide bonds. The van der Waals surface area contributed by atoms with Crippen LogP contribution >= 0.6 is 0 Å². The van der Waals surface area contributed by atoms with Crippen LogP contribution in [-0.4, -0.2) is 44.2 Å². The van der Waals surface area contributed by atoms with Gasteiger partial charge >= 0.3 is 5.97 Å². The predicted molar refractivity (Wildman–Crippen MR) is 73.9 cm³/mol. The Morgan fingerprint density at radius 1 is 1.23 bits per heavy atom. The molecule has 22 heavy (non-hydrogen) atoms. The van der Waals surface area contributed by atoms with Gasteiger partial charge in [0, 0.05) is 12.8 Å². The summed E-state index contributed by atoms with van der Waals surface area (Å²) in [6, 6.07) is 5.18. The van der Waals surface area contributed by atoms with Gasteiger partial charge in [-0.15, -0.1) is 0 Å². The fourth-order valence-electron chi connectivity index (χ4n) is 2.37. The van der Waals surface area contributed by atoms with E-state index in [1.165, 1.54) is 36.3 Å². The Kier molecular flexibility index (Phi) is 4.24. The van der Waals surface area contributed by atoms with E-state index in [1.807, 2.05) is 0 Å². The van der Waals surface area contributed by atoms with E-state index in [4.69, 9.17) is 4.74 Å². The summed E-state index contributed by atoms with van der Waals surface area (Å²) < 4.78 is 22.9. The first-order valence-electron chi connectivity index (χ1n) is 6.21. The molecule has 6 nitrogen and oxygen atoms in total. The van der Waals surface area contributed by atoms with E-state index in [2.05, 4.69) is 4.74 Å². The Labute approximate surface area is 125 Å². The summed E-state index contributed by atoms with van der Waals surface area (Å²) in [5.41, 5.74) is -1.89. The highest BCUT2D eigenvalue weighted by Crippen LogP contribution is 2.39. The van der Waals surface area contributed by atoms with Crippen LogP contribution in [0, 0.1) is 5.82 Å². The third kappa shape index (κ3) is 2.23. The molecule has 0 bridgehead atoms. The molecule has 114 valence electrons. The van der Waals surface area contributed by atoms with Gasteiger partial charge in [0.05, 0.1) is 13.7 Å². The third-order valence-corrected chi connectivity index (χ3v) is 3.49. The molecule has 1 aromatic carbocycles. The molecule has 7 heteroatoms. The quantitative estimate of drug-likeness (QED) is 0.604. The van der Waals surface area contributed by atoms with Crippen LogP contribution in [-0.2, 0) is 23.9 Å². The normalized spacial score (nSPS) is 20.6. The van der Waals surface area contributed by atoms with E-state index in [9.17, 15) is 18.8 Å². The van der Waals surface area contributed by atoms with Gasteiger partial charge in [-0.05, 0) is 24.3 Å². The van der Waals surface area contributed by atoms with Crippen molar-refractivity contribution in [3.63, 3.8) is 0 Å². The standard InChI is InChI=1S/C15H12FNO5/c1-21-14(20)15(22-2)9-17(13(8-19)12(15)7-18)11-5-3-10(16)4-6-11/h3-6H,9H2,1-2H3. The fraction of sp³-hybridized carbons (Fsp3) is 0.267. The first-order valence-corrected chi connectivity index (χ1v) is 6.21. The molecule has 0 N–H and O–H groups in total. The lowest BCUT2D eigenvalue weighted by molar-refractivity contribution is -0.159. The molecule has 0 aliphatic carbocycles. The second-order valence-electron chi connectivity index (χ2n) is 4.51. The topological polar surface area (TPSA) is 72.9 Å². The van der Waals surface area contributed by atoms with Gasteiger partial charge in [-0.2, -0.15) is 0 Å². The van der Waals surface area contributed by atoms with E-state index in [-0.39, 0.29) is 17.8 Å². The number of hydrogen-bond donors (Lipinski definition) is 0. The molecular formula is C15H12FNO5. The summed E-state index contributed by atoms with van der Waals surface area (Å²) in [5.74, 6) is 1.86. The molecule has 2 rings (SSSR count). The maximum Gasteiger partial charge on any atom is 0.345 e. The summed E-state index contributed by atoms with van der Waals surface area (Å²) in [6.45, 7) is -0.184. The highest BCUT2D eigenvalue weighted by molar-refractivity contribution is 5.97. The van der Waals surface area contributed by atoms with Crippen molar-refractivity contribution in [3.05, 3.63) is 41.4 Å². The van der Waals surface area contributed by atoms with Crippen molar-refractivity contribution in [2.75, 3.05) is 25.7 Å². The zero-order valence-corrected chi connectivity index (χ0v) is 11.9. The summed E-state index contributed by atoms with van der Waals surface area (Å²) in [6.07, 6.45) is 0. The number of methoxy groups -OCH3 is 2. The van der Waals surface area contributed by atoms with E-state index in [0.717, 1.165) is 7.11 Å². The number of carbonyl (C=O) groups excluding carboxylic acids is 3. The minimum Gasteiger partial charge on any atom is -0.467 e. The molecule has 0 radical (unpaired) electrons. The molecule has 1 unspecified atom stereocenters. The molecule has 1 saturated heterocycles. The van der Waals surface area contributed by atoms with Crippen molar-refractivity contribution in [1.82, 2.24) is 0 Å². The van der Waals surface area contributed by atoms with Crippen LogP contribution in [0.3, 0.4) is 0 Å². The lowest BCUT2D eigenvalue weighted by Gasteiger charge is -2.24. The second kappa shape index (κ2) is 5.95. The number of anilines is 1. The number of esters is 1. The van der Waals surface area contributed by atoms with Crippen molar-refractivity contribution in [3.8, 4) is 0 Å². The first-order chi connectivity index (χ1) is 10.5. The van der Waals surface area contributed by atoms with Crippen molar-refractivity contribution in [1.29, 1.82) is 0 Å². The van der Waals surface area contributed by atoms with Crippen molar-refractivity contribution < 1.29 is 28.2 Å². The Hall–Kier alpha value is -2.72. The maximum atomic E-state index is 13.0. The highest BCUT2D eigenvalue weighted by atomic mass is 19.1. The van der Waals surface area contributed by atoms with E-state index < -0.39 is 17.4 Å². The molecule has 0 aromatic heterocycles. The van der Waals surface area contributed by atoms with Crippen molar-refractivity contribution in [2.24, 2.45) is 0 Å². The average Bonchev–Trinajstić information content (AvgIpc) is 2.89. The molecule has 1 fully saturated rings. The largest absolute Gasteiger partial charge is 0.467 e. The summed E-state index contributed by atoms with van der Waals surface area (Å²) in [4.78, 5) is 35.9. The number of halogens is 1. The van der Waals surface area contributed by atoms with E-state index in [1.54, 1.807) is 11.9 Å². The van der Waals surface area contributed by atoms with Gasteiger partial charge in [-0.25, -0.2) is 18.8 Å². The van der Waals surface area contributed by atoms with Gasteiger partial charge in [0.25, 0.3) is 0 Å². The predicted octanol–water partition coefficient (Wildman–Crippen LogP) is 0.677.